The van der Waals surface area contributed by atoms with E-state index in [1.165, 1.54) is 17.5 Å². The summed E-state index contributed by atoms with van der Waals surface area (Å²) in [5.41, 5.74) is 2.77. The maximum atomic E-state index is 2.26. The third-order valence-corrected chi connectivity index (χ3v) is 2.92. The van der Waals surface area contributed by atoms with Crippen LogP contribution in [-0.4, -0.2) is 0 Å². The zero-order valence-electron chi connectivity index (χ0n) is 11.1. The lowest BCUT2D eigenvalue weighted by atomic mass is 9.99. The van der Waals surface area contributed by atoms with Gasteiger partial charge in [0.05, 0.1) is 0 Å². The van der Waals surface area contributed by atoms with Gasteiger partial charge in [0.1, 0.15) is 0 Å². The summed E-state index contributed by atoms with van der Waals surface area (Å²) in [5, 5.41) is 0. The highest BCUT2D eigenvalue weighted by molar-refractivity contribution is 5.18. The first-order chi connectivity index (χ1) is 8.24. The summed E-state index contributed by atoms with van der Waals surface area (Å²) in [6.45, 7) is 6.56. The van der Waals surface area contributed by atoms with Crippen molar-refractivity contribution in [3.8, 4) is 0 Å². The Hall–Kier alpha value is -1.56. The smallest absolute Gasteiger partial charge is 0.0193 e. The molecule has 0 spiro atoms. The lowest BCUT2D eigenvalue weighted by molar-refractivity contribution is 0.733. The second-order valence-electron chi connectivity index (χ2n) is 4.37. The third kappa shape index (κ3) is 5.35. The molecule has 0 aliphatic rings. The second-order valence-corrected chi connectivity index (χ2v) is 4.37. The molecule has 0 heteroatoms. The molecule has 0 saturated carbocycles. The predicted molar refractivity (Wildman–Crippen MR) is 76.3 cm³/mol. The Morgan fingerprint density at radius 1 is 0.824 bits per heavy atom. The van der Waals surface area contributed by atoms with Crippen molar-refractivity contribution in [2.24, 2.45) is 0 Å². The maximum absolute atomic E-state index is 2.26. The van der Waals surface area contributed by atoms with Crippen LogP contribution < -0.4 is 0 Å². The number of benzene rings is 2. The quantitative estimate of drug-likeness (QED) is 0.660. The summed E-state index contributed by atoms with van der Waals surface area (Å²) in [6.07, 6.45) is 1.23. The zero-order valence-corrected chi connectivity index (χ0v) is 11.1. The molecule has 1 atom stereocenters. The normalized spacial score (nSPS) is 11.2. The van der Waals surface area contributed by atoms with Crippen molar-refractivity contribution < 1.29 is 0 Å². The van der Waals surface area contributed by atoms with Gasteiger partial charge < -0.3 is 0 Å². The molecule has 17 heavy (non-hydrogen) atoms. The van der Waals surface area contributed by atoms with E-state index >= 15 is 0 Å². The van der Waals surface area contributed by atoms with Crippen LogP contribution in [0.3, 0.4) is 0 Å². The van der Waals surface area contributed by atoms with Crippen LogP contribution in [0.5, 0.6) is 0 Å². The first-order valence-electron chi connectivity index (χ1n) is 6.30. The van der Waals surface area contributed by atoms with Gasteiger partial charge >= 0.3 is 0 Å². The molecule has 0 bridgehead atoms. The molecular weight excluding hydrogens is 204 g/mol. The highest BCUT2D eigenvalue weighted by atomic mass is 14.0. The SMILES string of the molecule is CCC(C)c1ccccc1.Cc1ccccc1. The minimum atomic E-state index is 0.709. The van der Waals surface area contributed by atoms with Crippen LogP contribution in [0.25, 0.3) is 0 Å². The fourth-order valence-corrected chi connectivity index (χ4v) is 1.55. The predicted octanol–water partition coefficient (Wildman–Crippen LogP) is 5.20. The Bertz CT molecular complexity index is 389. The molecule has 2 aromatic carbocycles. The summed E-state index contributed by atoms with van der Waals surface area (Å²) in [4.78, 5) is 0. The lowest BCUT2D eigenvalue weighted by Crippen LogP contribution is -1.88. The molecule has 0 nitrogen and oxygen atoms in total. The number of aryl methyl sites for hydroxylation is 1. The van der Waals surface area contributed by atoms with Crippen molar-refractivity contribution in [3.63, 3.8) is 0 Å². The van der Waals surface area contributed by atoms with Gasteiger partial charge in [0, 0.05) is 0 Å². The largest absolute Gasteiger partial charge is 0.0648 e. The van der Waals surface area contributed by atoms with Crippen molar-refractivity contribution in [2.45, 2.75) is 33.1 Å². The van der Waals surface area contributed by atoms with Gasteiger partial charge in [0.2, 0.25) is 0 Å². The van der Waals surface area contributed by atoms with Gasteiger partial charge in [-0.25, -0.2) is 0 Å². The van der Waals surface area contributed by atoms with E-state index in [2.05, 4.69) is 63.2 Å². The van der Waals surface area contributed by atoms with Gasteiger partial charge in [-0.3, -0.25) is 0 Å². The van der Waals surface area contributed by atoms with Gasteiger partial charge in [-0.1, -0.05) is 80.1 Å². The lowest BCUT2D eigenvalue weighted by Gasteiger charge is -2.06. The molecule has 0 saturated heterocycles. The van der Waals surface area contributed by atoms with Crippen LogP contribution in [0, 0.1) is 6.92 Å². The molecule has 0 aliphatic heterocycles. The van der Waals surface area contributed by atoms with Crippen LogP contribution >= 0.6 is 0 Å². The molecule has 90 valence electrons. The monoisotopic (exact) mass is 226 g/mol. The molecular formula is C17H22. The average molecular weight is 226 g/mol. The summed E-state index contributed by atoms with van der Waals surface area (Å²) in [7, 11) is 0. The van der Waals surface area contributed by atoms with E-state index in [1.807, 2.05) is 18.2 Å². The average Bonchev–Trinajstić information content (AvgIpc) is 2.40. The topological polar surface area (TPSA) is 0 Å². The molecule has 2 aromatic rings. The van der Waals surface area contributed by atoms with Crippen LogP contribution in [0.2, 0.25) is 0 Å². The van der Waals surface area contributed by atoms with Gasteiger partial charge in [0.25, 0.3) is 0 Å². The molecule has 2 rings (SSSR count). The maximum Gasteiger partial charge on any atom is -0.0193 e. The van der Waals surface area contributed by atoms with Gasteiger partial charge in [-0.15, -0.1) is 0 Å². The van der Waals surface area contributed by atoms with Crippen LogP contribution in [-0.2, 0) is 0 Å². The Morgan fingerprint density at radius 3 is 1.65 bits per heavy atom. The Kier molecular flexibility index (Phi) is 6.09. The summed E-state index contributed by atoms with van der Waals surface area (Å²) < 4.78 is 0. The Balaban J connectivity index is 0.000000181. The van der Waals surface area contributed by atoms with Gasteiger partial charge in [-0.2, -0.15) is 0 Å². The summed E-state index contributed by atoms with van der Waals surface area (Å²) >= 11 is 0. The molecule has 0 aromatic heterocycles. The second kappa shape index (κ2) is 7.67. The van der Waals surface area contributed by atoms with Gasteiger partial charge in [-0.05, 0) is 24.8 Å². The number of rotatable bonds is 2. The fraction of sp³-hybridized carbons (Fsp3) is 0.294. The Morgan fingerprint density at radius 2 is 1.29 bits per heavy atom. The van der Waals surface area contributed by atoms with Crippen molar-refractivity contribution >= 4 is 0 Å². The highest BCUT2D eigenvalue weighted by Gasteiger charge is 1.98. The van der Waals surface area contributed by atoms with Crippen molar-refractivity contribution in [1.82, 2.24) is 0 Å². The van der Waals surface area contributed by atoms with E-state index in [0.29, 0.717) is 5.92 Å². The number of hydrogen-bond acceptors (Lipinski definition) is 0. The molecule has 0 amide bonds. The first-order valence-corrected chi connectivity index (χ1v) is 6.30. The van der Waals surface area contributed by atoms with Crippen LogP contribution in [0.1, 0.15) is 37.3 Å². The van der Waals surface area contributed by atoms with E-state index in [1.54, 1.807) is 0 Å². The molecule has 0 fully saturated rings. The first kappa shape index (κ1) is 13.5. The van der Waals surface area contributed by atoms with E-state index in [0.717, 1.165) is 0 Å². The highest BCUT2D eigenvalue weighted by Crippen LogP contribution is 2.16. The van der Waals surface area contributed by atoms with Crippen LogP contribution in [0.4, 0.5) is 0 Å². The van der Waals surface area contributed by atoms with Crippen molar-refractivity contribution in [2.75, 3.05) is 0 Å². The zero-order chi connectivity index (χ0) is 12.5. The van der Waals surface area contributed by atoms with E-state index in [9.17, 15) is 0 Å². The van der Waals surface area contributed by atoms with Crippen LogP contribution in [0.15, 0.2) is 60.7 Å². The van der Waals surface area contributed by atoms with Crippen molar-refractivity contribution in [1.29, 1.82) is 0 Å². The van der Waals surface area contributed by atoms with E-state index in [4.69, 9.17) is 0 Å². The summed E-state index contributed by atoms with van der Waals surface area (Å²) in [5.74, 6) is 0.709. The third-order valence-electron chi connectivity index (χ3n) is 2.92. The minimum Gasteiger partial charge on any atom is -0.0648 e. The molecule has 0 heterocycles. The Labute approximate surface area is 105 Å². The number of hydrogen-bond donors (Lipinski definition) is 0. The van der Waals surface area contributed by atoms with Crippen molar-refractivity contribution in [3.05, 3.63) is 71.8 Å². The molecule has 0 N–H and O–H groups in total. The molecule has 0 aliphatic carbocycles. The molecule has 1 unspecified atom stereocenters. The minimum absolute atomic E-state index is 0.709. The molecule has 0 radical (unpaired) electrons. The van der Waals surface area contributed by atoms with E-state index in [-0.39, 0.29) is 0 Å². The van der Waals surface area contributed by atoms with E-state index < -0.39 is 0 Å². The fourth-order valence-electron chi connectivity index (χ4n) is 1.55. The summed E-state index contributed by atoms with van der Waals surface area (Å²) in [6, 6.07) is 20.9. The standard InChI is InChI=1S/C10H14.C7H8/c1-3-9(2)10-7-5-4-6-8-10;1-7-5-3-2-4-6-7/h4-9H,3H2,1-2H3;2-6H,1H3. The van der Waals surface area contributed by atoms with Gasteiger partial charge in [0.15, 0.2) is 0 Å².